The Kier molecular flexibility index (Phi) is 6.91. The smallest absolute Gasteiger partial charge is 0.328 e. The largest absolute Gasteiger partial charge is 0.478 e. The summed E-state index contributed by atoms with van der Waals surface area (Å²) in [5.41, 5.74) is 0.973. The summed E-state index contributed by atoms with van der Waals surface area (Å²) in [6.45, 7) is 2.91. The van der Waals surface area contributed by atoms with Crippen molar-refractivity contribution in [3.63, 3.8) is 0 Å². The average molecular weight is 312 g/mol. The van der Waals surface area contributed by atoms with Crippen LogP contribution in [0.3, 0.4) is 0 Å². The molecule has 0 aliphatic carbocycles. The second kappa shape index (κ2) is 8.44. The van der Waals surface area contributed by atoms with Gasteiger partial charge in [-0.2, -0.15) is 0 Å². The van der Waals surface area contributed by atoms with Crippen LogP contribution in [-0.4, -0.2) is 46.7 Å². The van der Waals surface area contributed by atoms with Crippen molar-refractivity contribution >= 4 is 29.6 Å². The number of hydrogen-bond acceptors (Lipinski definition) is 3. The van der Waals surface area contributed by atoms with E-state index in [1.807, 2.05) is 6.92 Å². The highest BCUT2D eigenvalue weighted by atomic mass is 35.5. The van der Waals surface area contributed by atoms with E-state index in [0.717, 1.165) is 6.08 Å². The van der Waals surface area contributed by atoms with Gasteiger partial charge in [0.1, 0.15) is 0 Å². The fourth-order valence-electron chi connectivity index (χ4n) is 1.80. The van der Waals surface area contributed by atoms with Crippen LogP contribution in [0.2, 0.25) is 5.02 Å². The highest BCUT2D eigenvalue weighted by molar-refractivity contribution is 6.32. The molecule has 0 radical (unpaired) electrons. The summed E-state index contributed by atoms with van der Waals surface area (Å²) in [5.74, 6) is -1.23. The lowest BCUT2D eigenvalue weighted by Crippen LogP contribution is -2.32. The van der Waals surface area contributed by atoms with Crippen molar-refractivity contribution in [3.05, 3.63) is 40.4 Å². The Balaban J connectivity index is 2.91. The third-order valence-electron chi connectivity index (χ3n) is 2.91. The van der Waals surface area contributed by atoms with Crippen molar-refractivity contribution in [1.82, 2.24) is 4.90 Å². The van der Waals surface area contributed by atoms with Crippen LogP contribution in [0.1, 0.15) is 29.3 Å². The standard InChI is InChI=1S/C15H18ClNO4/c1-2-17(8-3-9-18)15(21)12-5-4-11(13(16)10-12)6-7-14(19)20/h4-7,10,18H,2-3,8-9H2,1H3,(H,19,20)/b7-6+. The number of amides is 1. The summed E-state index contributed by atoms with van der Waals surface area (Å²) >= 11 is 6.05. The van der Waals surface area contributed by atoms with Crippen molar-refractivity contribution in [2.75, 3.05) is 19.7 Å². The summed E-state index contributed by atoms with van der Waals surface area (Å²) in [4.78, 5) is 24.4. The molecule has 0 bridgehead atoms. The fourth-order valence-corrected chi connectivity index (χ4v) is 2.05. The summed E-state index contributed by atoms with van der Waals surface area (Å²) in [6.07, 6.45) is 2.89. The maximum Gasteiger partial charge on any atom is 0.328 e. The number of nitrogens with zero attached hydrogens (tertiary/aromatic N) is 1. The molecule has 0 atom stereocenters. The molecule has 0 saturated carbocycles. The first-order valence-electron chi connectivity index (χ1n) is 6.60. The fraction of sp³-hybridized carbons (Fsp3) is 0.333. The molecule has 1 amide bonds. The lowest BCUT2D eigenvalue weighted by atomic mass is 10.1. The minimum absolute atomic E-state index is 0.0312. The number of aliphatic carboxylic acids is 1. The summed E-state index contributed by atoms with van der Waals surface area (Å²) in [6, 6.07) is 4.74. The first-order valence-corrected chi connectivity index (χ1v) is 6.98. The van der Waals surface area contributed by atoms with Gasteiger partial charge in [-0.15, -0.1) is 0 Å². The minimum Gasteiger partial charge on any atom is -0.478 e. The lowest BCUT2D eigenvalue weighted by Gasteiger charge is -2.20. The van der Waals surface area contributed by atoms with Gasteiger partial charge in [0.25, 0.3) is 5.91 Å². The first kappa shape index (κ1) is 17.2. The molecule has 0 aromatic heterocycles. The number of carbonyl (C=O) groups is 2. The Labute approximate surface area is 128 Å². The number of rotatable bonds is 7. The quantitative estimate of drug-likeness (QED) is 0.757. The number of aliphatic hydroxyl groups is 1. The van der Waals surface area contributed by atoms with E-state index in [9.17, 15) is 9.59 Å². The third-order valence-corrected chi connectivity index (χ3v) is 3.24. The molecule has 0 heterocycles. The van der Waals surface area contributed by atoms with E-state index in [1.165, 1.54) is 12.1 Å². The molecule has 0 unspecified atom stereocenters. The molecule has 0 aliphatic heterocycles. The number of carboxylic acid groups (broad SMARTS) is 1. The zero-order chi connectivity index (χ0) is 15.8. The molecule has 21 heavy (non-hydrogen) atoms. The molecule has 2 N–H and O–H groups in total. The van der Waals surface area contributed by atoms with Crippen molar-refractivity contribution < 1.29 is 19.8 Å². The predicted octanol–water partition coefficient (Wildman–Crippen LogP) is 2.28. The number of carbonyl (C=O) groups excluding carboxylic acids is 1. The molecule has 0 fully saturated rings. The average Bonchev–Trinajstić information content (AvgIpc) is 2.46. The van der Waals surface area contributed by atoms with Gasteiger partial charge < -0.3 is 15.1 Å². The van der Waals surface area contributed by atoms with Gasteiger partial charge >= 0.3 is 5.97 Å². The molecular weight excluding hydrogens is 294 g/mol. The SMILES string of the molecule is CCN(CCCO)C(=O)c1ccc(/C=C/C(=O)O)c(Cl)c1. The van der Waals surface area contributed by atoms with Gasteiger partial charge in [0, 0.05) is 36.4 Å². The van der Waals surface area contributed by atoms with Gasteiger partial charge in [-0.1, -0.05) is 17.7 Å². The van der Waals surface area contributed by atoms with Crippen LogP contribution in [0.4, 0.5) is 0 Å². The minimum atomic E-state index is -1.06. The second-order valence-electron chi connectivity index (χ2n) is 4.37. The summed E-state index contributed by atoms with van der Waals surface area (Å²) in [5, 5.41) is 17.7. The van der Waals surface area contributed by atoms with Crippen LogP contribution in [-0.2, 0) is 4.79 Å². The maximum absolute atomic E-state index is 12.3. The van der Waals surface area contributed by atoms with Gasteiger partial charge in [0.15, 0.2) is 0 Å². The predicted molar refractivity (Wildman–Crippen MR) is 81.4 cm³/mol. The Bertz CT molecular complexity index is 542. The maximum atomic E-state index is 12.3. The molecule has 114 valence electrons. The van der Waals surface area contributed by atoms with Gasteiger partial charge in [0.2, 0.25) is 0 Å². The van der Waals surface area contributed by atoms with E-state index in [2.05, 4.69) is 0 Å². The number of benzene rings is 1. The monoisotopic (exact) mass is 311 g/mol. The Hall–Kier alpha value is -1.85. The molecular formula is C15H18ClNO4. The lowest BCUT2D eigenvalue weighted by molar-refractivity contribution is -0.131. The highest BCUT2D eigenvalue weighted by Gasteiger charge is 2.14. The molecule has 5 nitrogen and oxygen atoms in total. The Morgan fingerprint density at radius 1 is 1.38 bits per heavy atom. The van der Waals surface area contributed by atoms with Crippen LogP contribution in [0.15, 0.2) is 24.3 Å². The van der Waals surface area contributed by atoms with Gasteiger partial charge in [-0.25, -0.2) is 4.79 Å². The van der Waals surface area contributed by atoms with Crippen LogP contribution in [0.25, 0.3) is 6.08 Å². The molecule has 0 saturated heterocycles. The van der Waals surface area contributed by atoms with E-state index >= 15 is 0 Å². The van der Waals surface area contributed by atoms with Crippen molar-refractivity contribution in [1.29, 1.82) is 0 Å². The van der Waals surface area contributed by atoms with E-state index in [0.29, 0.717) is 35.7 Å². The number of aliphatic hydroxyl groups excluding tert-OH is 1. The Morgan fingerprint density at radius 3 is 2.62 bits per heavy atom. The Morgan fingerprint density at radius 2 is 2.10 bits per heavy atom. The second-order valence-corrected chi connectivity index (χ2v) is 4.78. The molecule has 0 aliphatic rings. The van der Waals surface area contributed by atoms with Gasteiger partial charge in [0.05, 0.1) is 0 Å². The van der Waals surface area contributed by atoms with E-state index in [-0.39, 0.29) is 12.5 Å². The topological polar surface area (TPSA) is 77.8 Å². The van der Waals surface area contributed by atoms with E-state index in [1.54, 1.807) is 17.0 Å². The van der Waals surface area contributed by atoms with E-state index < -0.39 is 5.97 Å². The van der Waals surface area contributed by atoms with Gasteiger partial charge in [-0.05, 0) is 37.1 Å². The number of halogens is 1. The zero-order valence-electron chi connectivity index (χ0n) is 11.8. The molecule has 1 aromatic carbocycles. The molecule has 0 spiro atoms. The normalized spacial score (nSPS) is 10.8. The molecule has 1 rings (SSSR count). The zero-order valence-corrected chi connectivity index (χ0v) is 12.5. The van der Waals surface area contributed by atoms with Gasteiger partial charge in [-0.3, -0.25) is 4.79 Å². The van der Waals surface area contributed by atoms with Crippen molar-refractivity contribution in [2.24, 2.45) is 0 Å². The first-order chi connectivity index (χ1) is 9.99. The summed E-state index contributed by atoms with van der Waals surface area (Å²) in [7, 11) is 0. The van der Waals surface area contributed by atoms with Crippen molar-refractivity contribution in [3.8, 4) is 0 Å². The molecule has 1 aromatic rings. The van der Waals surface area contributed by atoms with Crippen LogP contribution in [0.5, 0.6) is 0 Å². The highest BCUT2D eigenvalue weighted by Crippen LogP contribution is 2.20. The summed E-state index contributed by atoms with van der Waals surface area (Å²) < 4.78 is 0. The van der Waals surface area contributed by atoms with E-state index in [4.69, 9.17) is 21.8 Å². The third kappa shape index (κ3) is 5.21. The number of carboxylic acids is 1. The van der Waals surface area contributed by atoms with Crippen LogP contribution >= 0.6 is 11.6 Å². The van der Waals surface area contributed by atoms with Crippen LogP contribution in [0, 0.1) is 0 Å². The molecule has 6 heteroatoms. The number of hydrogen-bond donors (Lipinski definition) is 2. The van der Waals surface area contributed by atoms with Crippen LogP contribution < -0.4 is 0 Å². The van der Waals surface area contributed by atoms with Crippen molar-refractivity contribution in [2.45, 2.75) is 13.3 Å².